The first kappa shape index (κ1) is 30.4. The van der Waals surface area contributed by atoms with Crippen LogP contribution in [-0.4, -0.2) is 12.6 Å². The van der Waals surface area contributed by atoms with E-state index in [0.29, 0.717) is 16.9 Å². The van der Waals surface area contributed by atoms with Crippen LogP contribution in [0.5, 0.6) is 0 Å². The lowest BCUT2D eigenvalue weighted by atomic mass is 10.0. The average molecular weight is 653 g/mol. The van der Waals surface area contributed by atoms with Gasteiger partial charge in [0.05, 0.1) is 35.8 Å². The number of hydrogen-bond acceptors (Lipinski definition) is 1. The largest absolute Gasteiger partial charge is 0.309 e. The van der Waals surface area contributed by atoms with Crippen molar-refractivity contribution in [2.24, 2.45) is 0 Å². The van der Waals surface area contributed by atoms with Crippen LogP contribution in [-0.2, 0) is 0 Å². The molecule has 0 bridgehead atoms. The van der Waals surface area contributed by atoms with E-state index < -0.39 is 8.07 Å². The first-order valence-corrected chi connectivity index (χ1v) is 18.3. The van der Waals surface area contributed by atoms with E-state index in [0.717, 1.165) is 43.8 Å². The lowest BCUT2D eigenvalue weighted by Crippen LogP contribution is -2.74. The van der Waals surface area contributed by atoms with Gasteiger partial charge in [-0.2, -0.15) is 5.26 Å². The van der Waals surface area contributed by atoms with Crippen molar-refractivity contribution in [3.63, 3.8) is 0 Å². The molecule has 8 rings (SSSR count). The molecule has 0 atom stereocenters. The Morgan fingerprint density at radius 2 is 1.08 bits per heavy atom. The highest BCUT2D eigenvalue weighted by molar-refractivity contribution is 7.20. The molecule has 0 saturated heterocycles. The zero-order valence-corrected chi connectivity index (χ0v) is 28.0. The van der Waals surface area contributed by atoms with Crippen LogP contribution in [0.1, 0.15) is 5.56 Å². The summed E-state index contributed by atoms with van der Waals surface area (Å²) in [5.74, 6) is 0. The van der Waals surface area contributed by atoms with Gasteiger partial charge >= 0.3 is 0 Å². The van der Waals surface area contributed by atoms with E-state index in [1.165, 1.54) is 15.6 Å². The zero-order valence-electron chi connectivity index (χ0n) is 27.0. The molecule has 0 aliphatic rings. The van der Waals surface area contributed by atoms with Gasteiger partial charge in [0.15, 0.2) is 13.8 Å². The summed E-state index contributed by atoms with van der Waals surface area (Å²) in [5.41, 5.74) is 5.99. The maximum absolute atomic E-state index is 9.58. The average Bonchev–Trinajstić information content (AvgIpc) is 3.52. The smallest absolute Gasteiger partial charge is 0.202 e. The summed E-state index contributed by atoms with van der Waals surface area (Å²) in [6, 6.07) is 60.5. The molecule has 1 aromatic heterocycles. The van der Waals surface area contributed by atoms with Crippen molar-refractivity contribution in [3.05, 3.63) is 198 Å². The van der Waals surface area contributed by atoms with Gasteiger partial charge in [-0.15, -0.1) is 0 Å². The number of benzene rings is 7. The van der Waals surface area contributed by atoms with Gasteiger partial charge in [0.1, 0.15) is 0 Å². The zero-order chi connectivity index (χ0) is 34.1. The fourth-order valence-corrected chi connectivity index (χ4v) is 12.2. The van der Waals surface area contributed by atoms with Crippen LogP contribution in [0.15, 0.2) is 170 Å². The molecule has 0 amide bonds. The Morgan fingerprint density at radius 3 is 1.64 bits per heavy atom. The van der Waals surface area contributed by atoms with Crippen molar-refractivity contribution < 1.29 is 0 Å². The normalized spacial score (nSPS) is 11.1. The first-order valence-electron chi connectivity index (χ1n) is 16.3. The quantitative estimate of drug-likeness (QED) is 0.101. The van der Waals surface area contributed by atoms with Crippen LogP contribution in [0.25, 0.3) is 48.3 Å². The molecular weight excluding hydrogens is 625 g/mol. The van der Waals surface area contributed by atoms with E-state index in [-0.39, 0.29) is 0 Å². The summed E-state index contributed by atoms with van der Waals surface area (Å²) in [7, 11) is -2.94. The molecule has 50 heavy (non-hydrogen) atoms. The Balaban J connectivity index is 1.37. The minimum absolute atomic E-state index is 0.354. The van der Waals surface area contributed by atoms with Crippen LogP contribution < -0.4 is 20.7 Å². The van der Waals surface area contributed by atoms with E-state index in [4.69, 9.17) is 13.1 Å². The molecule has 0 saturated carbocycles. The highest BCUT2D eigenvalue weighted by atomic mass is 28.3. The third-order valence-corrected chi connectivity index (χ3v) is 14.4. The van der Waals surface area contributed by atoms with Crippen LogP contribution in [0, 0.1) is 24.5 Å². The van der Waals surface area contributed by atoms with Gasteiger partial charge in [0, 0.05) is 16.5 Å². The molecule has 0 radical (unpaired) electrons. The Hall–Kier alpha value is -6.97. The van der Waals surface area contributed by atoms with Gasteiger partial charge in [0.2, 0.25) is 5.69 Å². The molecule has 8 aromatic rings. The van der Waals surface area contributed by atoms with Gasteiger partial charge in [0.25, 0.3) is 0 Å². The molecule has 232 valence electrons. The maximum Gasteiger partial charge on any atom is 0.202 e. The second-order valence-corrected chi connectivity index (χ2v) is 16.0. The van der Waals surface area contributed by atoms with Gasteiger partial charge < -0.3 is 4.57 Å². The summed E-state index contributed by atoms with van der Waals surface area (Å²) in [6.07, 6.45) is 0. The Kier molecular flexibility index (Phi) is 7.63. The van der Waals surface area contributed by atoms with Crippen molar-refractivity contribution in [1.82, 2.24) is 4.57 Å². The van der Waals surface area contributed by atoms with Crippen molar-refractivity contribution in [3.8, 4) is 22.9 Å². The number of aromatic nitrogens is 1. The second-order valence-electron chi connectivity index (χ2n) is 12.2. The highest BCUT2D eigenvalue weighted by Crippen LogP contribution is 2.40. The van der Waals surface area contributed by atoms with Crippen molar-refractivity contribution in [2.45, 2.75) is 0 Å². The predicted molar refractivity (Wildman–Crippen MR) is 207 cm³/mol. The van der Waals surface area contributed by atoms with Crippen LogP contribution in [0.2, 0.25) is 0 Å². The topological polar surface area (TPSA) is 37.4 Å². The highest BCUT2D eigenvalue weighted by Gasteiger charge is 2.42. The molecular formula is C45H28N4Si. The van der Waals surface area contributed by atoms with E-state index in [2.05, 4.69) is 136 Å². The van der Waals surface area contributed by atoms with E-state index >= 15 is 0 Å². The molecule has 0 fully saturated rings. The number of hydrogen-bond donors (Lipinski definition) is 0. The molecule has 0 spiro atoms. The Bertz CT molecular complexity index is 2560. The van der Waals surface area contributed by atoms with Gasteiger partial charge in [-0.1, -0.05) is 139 Å². The standard InChI is InChI=1S/C45H28N4Si/c1-47-42-30-38(50(35-14-6-3-7-15-35,36-16-8-4-9-17-36)37-18-10-5-11-19-37)29-40(45(42)48-2)33-23-25-34(26-24-33)49-43-21-13-12-20-39(43)41-28-32(31-46)22-27-44(41)49/h3-30H. The molecule has 0 aliphatic carbocycles. The van der Waals surface area contributed by atoms with Crippen LogP contribution in [0.4, 0.5) is 11.4 Å². The molecule has 4 nitrogen and oxygen atoms in total. The van der Waals surface area contributed by atoms with Gasteiger partial charge in [-0.05, 0) is 63.1 Å². The van der Waals surface area contributed by atoms with Crippen LogP contribution in [0.3, 0.4) is 0 Å². The minimum atomic E-state index is -2.94. The Morgan fingerprint density at radius 1 is 0.520 bits per heavy atom. The number of rotatable bonds is 6. The lowest BCUT2D eigenvalue weighted by Gasteiger charge is -2.35. The van der Waals surface area contributed by atoms with Crippen molar-refractivity contribution >= 4 is 62.0 Å². The van der Waals surface area contributed by atoms with E-state index in [1.807, 2.05) is 54.6 Å². The van der Waals surface area contributed by atoms with Crippen LogP contribution >= 0.6 is 0 Å². The predicted octanol–water partition coefficient (Wildman–Crippen LogP) is 8.80. The second kappa shape index (κ2) is 12.6. The number of para-hydroxylation sites is 1. The molecule has 5 heteroatoms. The number of nitrogens with zero attached hydrogens (tertiary/aromatic N) is 4. The van der Waals surface area contributed by atoms with Crippen molar-refractivity contribution in [2.75, 3.05) is 0 Å². The fourth-order valence-electron chi connectivity index (χ4n) is 7.43. The monoisotopic (exact) mass is 652 g/mol. The summed E-state index contributed by atoms with van der Waals surface area (Å²) in [4.78, 5) is 7.90. The SMILES string of the molecule is [C-]#[N+]c1cc([Si](c2ccccc2)(c2ccccc2)c2ccccc2)cc(-c2ccc(-n3c4ccccc4c4cc(C#N)ccc43)cc2)c1[N+]#[C-]. The Labute approximate surface area is 292 Å². The number of nitriles is 1. The van der Waals surface area contributed by atoms with Crippen molar-refractivity contribution in [1.29, 1.82) is 5.26 Å². The molecule has 0 N–H and O–H groups in total. The third-order valence-electron chi connectivity index (χ3n) is 9.61. The number of fused-ring (bicyclic) bond motifs is 3. The molecule has 0 aliphatic heterocycles. The molecule has 7 aromatic carbocycles. The van der Waals surface area contributed by atoms with Gasteiger partial charge in [-0.3, -0.25) is 4.85 Å². The maximum atomic E-state index is 9.58. The molecule has 0 unspecified atom stereocenters. The van der Waals surface area contributed by atoms with E-state index in [9.17, 15) is 5.26 Å². The fraction of sp³-hybridized carbons (Fsp3) is 0. The van der Waals surface area contributed by atoms with Gasteiger partial charge in [-0.25, -0.2) is 4.85 Å². The minimum Gasteiger partial charge on any atom is -0.309 e. The lowest BCUT2D eigenvalue weighted by molar-refractivity contribution is 1.18. The summed E-state index contributed by atoms with van der Waals surface area (Å²) in [5, 5.41) is 16.4. The first-order chi connectivity index (χ1) is 24.7. The summed E-state index contributed by atoms with van der Waals surface area (Å²) < 4.78 is 2.21. The summed E-state index contributed by atoms with van der Waals surface area (Å²) >= 11 is 0. The third kappa shape index (κ3) is 4.80. The van der Waals surface area contributed by atoms with E-state index in [1.54, 1.807) is 0 Å². The summed E-state index contributed by atoms with van der Waals surface area (Å²) in [6.45, 7) is 16.5. The molecule has 1 heterocycles.